The summed E-state index contributed by atoms with van der Waals surface area (Å²) in [4.78, 5) is 29.7. The SMILES string of the molecule is CCOC(=O)c1ccc(-n2c(O)c(C=Nc3cccc(C)c3)c3ccccc3c2=O)cc1. The van der Waals surface area contributed by atoms with Gasteiger partial charge >= 0.3 is 5.97 Å². The molecule has 1 heterocycles. The summed E-state index contributed by atoms with van der Waals surface area (Å²) in [6.45, 7) is 3.99. The lowest BCUT2D eigenvalue weighted by molar-refractivity contribution is 0.0526. The average Bonchev–Trinajstić information content (AvgIpc) is 2.80. The first-order valence-electron chi connectivity index (χ1n) is 10.2. The van der Waals surface area contributed by atoms with Crippen LogP contribution in [0, 0.1) is 6.92 Å². The number of carbonyl (C=O) groups excluding carboxylic acids is 1. The minimum Gasteiger partial charge on any atom is -0.494 e. The van der Waals surface area contributed by atoms with E-state index in [0.29, 0.717) is 27.6 Å². The summed E-state index contributed by atoms with van der Waals surface area (Å²) < 4.78 is 6.22. The summed E-state index contributed by atoms with van der Waals surface area (Å²) in [6.07, 6.45) is 1.56. The van der Waals surface area contributed by atoms with E-state index >= 15 is 0 Å². The van der Waals surface area contributed by atoms with Gasteiger partial charge < -0.3 is 9.84 Å². The van der Waals surface area contributed by atoms with E-state index in [1.54, 1.807) is 55.6 Å². The first-order valence-corrected chi connectivity index (χ1v) is 10.2. The van der Waals surface area contributed by atoms with Crippen molar-refractivity contribution in [3.05, 3.63) is 99.8 Å². The number of aliphatic imine (C=N–C) groups is 1. The van der Waals surface area contributed by atoms with E-state index in [2.05, 4.69) is 4.99 Å². The first kappa shape index (κ1) is 21.1. The molecule has 0 aliphatic rings. The Bertz CT molecular complexity index is 1390. The van der Waals surface area contributed by atoms with E-state index in [-0.39, 0.29) is 18.0 Å². The van der Waals surface area contributed by atoms with Crippen LogP contribution in [0.4, 0.5) is 5.69 Å². The van der Waals surface area contributed by atoms with Gasteiger partial charge in [0.2, 0.25) is 5.88 Å². The zero-order valence-corrected chi connectivity index (χ0v) is 17.8. The third kappa shape index (κ3) is 4.03. The molecule has 4 rings (SSSR count). The van der Waals surface area contributed by atoms with Gasteiger partial charge in [-0.2, -0.15) is 0 Å². The van der Waals surface area contributed by atoms with E-state index in [0.717, 1.165) is 11.3 Å². The summed E-state index contributed by atoms with van der Waals surface area (Å²) in [5, 5.41) is 12.1. The Balaban J connectivity index is 1.87. The molecule has 0 aliphatic carbocycles. The molecule has 0 bridgehead atoms. The highest BCUT2D eigenvalue weighted by molar-refractivity contribution is 6.02. The third-order valence-electron chi connectivity index (χ3n) is 5.08. The van der Waals surface area contributed by atoms with Crippen molar-refractivity contribution in [3.63, 3.8) is 0 Å². The molecule has 0 atom stereocenters. The van der Waals surface area contributed by atoms with Crippen LogP contribution >= 0.6 is 0 Å². The van der Waals surface area contributed by atoms with E-state index in [4.69, 9.17) is 4.74 Å². The van der Waals surface area contributed by atoms with Crippen molar-refractivity contribution in [2.24, 2.45) is 4.99 Å². The fourth-order valence-corrected chi connectivity index (χ4v) is 3.54. The van der Waals surface area contributed by atoms with Crippen LogP contribution in [0.5, 0.6) is 5.88 Å². The Hall–Kier alpha value is -4.19. The number of benzene rings is 3. The lowest BCUT2D eigenvalue weighted by atomic mass is 10.1. The molecule has 0 spiro atoms. The van der Waals surface area contributed by atoms with Crippen molar-refractivity contribution in [2.75, 3.05) is 6.61 Å². The van der Waals surface area contributed by atoms with Gasteiger partial charge in [-0.1, -0.05) is 30.3 Å². The third-order valence-corrected chi connectivity index (χ3v) is 5.08. The van der Waals surface area contributed by atoms with Crippen molar-refractivity contribution < 1.29 is 14.6 Å². The van der Waals surface area contributed by atoms with E-state index in [9.17, 15) is 14.7 Å². The summed E-state index contributed by atoms with van der Waals surface area (Å²) in [5.41, 5.74) is 2.66. The molecule has 0 saturated carbocycles. The Labute approximate surface area is 185 Å². The van der Waals surface area contributed by atoms with Crippen molar-refractivity contribution in [1.82, 2.24) is 4.57 Å². The largest absolute Gasteiger partial charge is 0.494 e. The second-order valence-electron chi connectivity index (χ2n) is 7.29. The fraction of sp³-hybridized carbons (Fsp3) is 0.115. The summed E-state index contributed by atoms with van der Waals surface area (Å²) in [6, 6.07) is 21.1. The molecule has 0 aliphatic heterocycles. The molecule has 1 aromatic heterocycles. The molecule has 32 heavy (non-hydrogen) atoms. The number of aryl methyl sites for hydroxylation is 1. The van der Waals surface area contributed by atoms with E-state index < -0.39 is 5.97 Å². The van der Waals surface area contributed by atoms with Crippen molar-refractivity contribution in [1.29, 1.82) is 0 Å². The van der Waals surface area contributed by atoms with Crippen LogP contribution in [0.3, 0.4) is 0 Å². The van der Waals surface area contributed by atoms with Crippen molar-refractivity contribution >= 4 is 28.6 Å². The van der Waals surface area contributed by atoms with Crippen molar-refractivity contribution in [2.45, 2.75) is 13.8 Å². The highest BCUT2D eigenvalue weighted by Crippen LogP contribution is 2.27. The maximum absolute atomic E-state index is 13.2. The number of pyridine rings is 1. The molecule has 6 nitrogen and oxygen atoms in total. The number of esters is 1. The smallest absolute Gasteiger partial charge is 0.338 e. The van der Waals surface area contributed by atoms with Gasteiger partial charge in [-0.3, -0.25) is 9.79 Å². The topological polar surface area (TPSA) is 80.9 Å². The van der Waals surface area contributed by atoms with Gasteiger partial charge in [0.25, 0.3) is 5.56 Å². The normalized spacial score (nSPS) is 11.2. The number of aromatic hydroxyl groups is 1. The minimum atomic E-state index is -0.444. The molecule has 4 aromatic rings. The van der Waals surface area contributed by atoms with Gasteiger partial charge in [0.05, 0.1) is 29.1 Å². The van der Waals surface area contributed by atoms with Crippen LogP contribution in [0.15, 0.2) is 82.6 Å². The summed E-state index contributed by atoms with van der Waals surface area (Å²) in [7, 11) is 0. The molecule has 160 valence electrons. The molecule has 1 N–H and O–H groups in total. The average molecular weight is 426 g/mol. The second kappa shape index (κ2) is 8.89. The second-order valence-corrected chi connectivity index (χ2v) is 7.29. The monoisotopic (exact) mass is 426 g/mol. The maximum atomic E-state index is 13.2. The highest BCUT2D eigenvalue weighted by atomic mass is 16.5. The molecular weight excluding hydrogens is 404 g/mol. The van der Waals surface area contributed by atoms with Crippen LogP contribution in [0.2, 0.25) is 0 Å². The molecule has 0 radical (unpaired) electrons. The molecule has 0 amide bonds. The number of aromatic nitrogens is 1. The Morgan fingerprint density at radius 1 is 1.03 bits per heavy atom. The van der Waals surface area contributed by atoms with Crippen LogP contribution in [0.1, 0.15) is 28.4 Å². The number of hydrogen-bond acceptors (Lipinski definition) is 5. The predicted molar refractivity (Wildman–Crippen MR) is 126 cm³/mol. The van der Waals surface area contributed by atoms with Crippen LogP contribution in [-0.4, -0.2) is 28.5 Å². The Kier molecular flexibility index (Phi) is 5.85. The van der Waals surface area contributed by atoms with Gasteiger partial charge in [0.1, 0.15) is 0 Å². The summed E-state index contributed by atoms with van der Waals surface area (Å²) in [5.74, 6) is -0.672. The number of rotatable bonds is 5. The quantitative estimate of drug-likeness (QED) is 0.362. The summed E-state index contributed by atoms with van der Waals surface area (Å²) >= 11 is 0. The molecule has 0 unspecified atom stereocenters. The minimum absolute atomic E-state index is 0.228. The van der Waals surface area contributed by atoms with Crippen LogP contribution in [0.25, 0.3) is 16.5 Å². The zero-order chi connectivity index (χ0) is 22.7. The van der Waals surface area contributed by atoms with Crippen LogP contribution < -0.4 is 5.56 Å². The van der Waals surface area contributed by atoms with E-state index in [1.165, 1.54) is 4.57 Å². The van der Waals surface area contributed by atoms with Crippen LogP contribution in [-0.2, 0) is 4.74 Å². The molecule has 6 heteroatoms. The Morgan fingerprint density at radius 3 is 2.44 bits per heavy atom. The number of fused-ring (bicyclic) bond motifs is 1. The number of ether oxygens (including phenoxy) is 1. The first-order chi connectivity index (χ1) is 15.5. The number of carbonyl (C=O) groups is 1. The lowest BCUT2D eigenvalue weighted by Gasteiger charge is -2.14. The molecule has 3 aromatic carbocycles. The predicted octanol–water partition coefficient (Wildman–Crippen LogP) is 4.93. The van der Waals surface area contributed by atoms with Crippen molar-refractivity contribution in [3.8, 4) is 11.6 Å². The van der Waals surface area contributed by atoms with Gasteiger partial charge in [-0.05, 0) is 61.9 Å². The Morgan fingerprint density at radius 2 is 1.75 bits per heavy atom. The molecular formula is C26H22N2O4. The van der Waals surface area contributed by atoms with Gasteiger partial charge in [-0.25, -0.2) is 9.36 Å². The van der Waals surface area contributed by atoms with Gasteiger partial charge in [0.15, 0.2) is 0 Å². The highest BCUT2D eigenvalue weighted by Gasteiger charge is 2.17. The number of nitrogens with zero attached hydrogens (tertiary/aromatic N) is 2. The number of hydrogen-bond donors (Lipinski definition) is 1. The fourth-order valence-electron chi connectivity index (χ4n) is 3.54. The molecule has 0 fully saturated rings. The molecule has 0 saturated heterocycles. The zero-order valence-electron chi connectivity index (χ0n) is 17.8. The van der Waals surface area contributed by atoms with E-state index in [1.807, 2.05) is 37.3 Å². The van der Waals surface area contributed by atoms with Gasteiger partial charge in [0, 0.05) is 17.0 Å². The lowest BCUT2D eigenvalue weighted by Crippen LogP contribution is -2.20. The standard InChI is InChI=1S/C26H22N2O4/c1-3-32-26(31)18-11-13-20(14-12-18)28-24(29)22-10-5-4-9-21(22)23(25(28)30)16-27-19-8-6-7-17(2)15-19/h4-16,30H,3H2,1-2H3. The maximum Gasteiger partial charge on any atom is 0.338 e. The van der Waals surface area contributed by atoms with Gasteiger partial charge in [-0.15, -0.1) is 0 Å².